The van der Waals surface area contributed by atoms with Crippen molar-refractivity contribution in [3.63, 3.8) is 0 Å². The summed E-state index contributed by atoms with van der Waals surface area (Å²) in [4.78, 5) is 17.1. The van der Waals surface area contributed by atoms with Gasteiger partial charge in [0, 0.05) is 19.7 Å². The first-order chi connectivity index (χ1) is 16.1. The van der Waals surface area contributed by atoms with E-state index in [0.717, 1.165) is 39.0 Å². The Kier molecular flexibility index (Phi) is 11.3. The van der Waals surface area contributed by atoms with Gasteiger partial charge >= 0.3 is 0 Å². The number of carbonyl (C=O) groups excluding carboxylic acids is 1. The number of methoxy groups -OCH3 is 1. The normalized spacial score (nSPS) is 16.1. The second kappa shape index (κ2) is 13.4. The standard InChI is InChI=1S/C26H44N2O5S/c1-7-27(5)13-8-9-23-10-14-28(15-11-23)25(29)19-33-16-12-22(4)34(30,31)26-20(2)17-24(32-6)18-21(26)3/h17-18,22-23H,7-16,19H2,1-6H3. The highest BCUT2D eigenvalue weighted by Crippen LogP contribution is 2.29. The van der Waals surface area contributed by atoms with Crippen LogP contribution in [0.1, 0.15) is 57.1 Å². The lowest BCUT2D eigenvalue weighted by Crippen LogP contribution is -2.40. The van der Waals surface area contributed by atoms with E-state index in [1.54, 1.807) is 40.0 Å². The molecule has 194 valence electrons. The maximum Gasteiger partial charge on any atom is 0.248 e. The maximum absolute atomic E-state index is 13.1. The molecule has 1 aromatic rings. The summed E-state index contributed by atoms with van der Waals surface area (Å²) in [6, 6.07) is 3.49. The zero-order chi connectivity index (χ0) is 25.3. The lowest BCUT2D eigenvalue weighted by atomic mass is 9.92. The summed E-state index contributed by atoms with van der Waals surface area (Å²) >= 11 is 0. The first-order valence-corrected chi connectivity index (χ1v) is 14.1. The van der Waals surface area contributed by atoms with Crippen LogP contribution in [0.4, 0.5) is 0 Å². The Hall–Kier alpha value is -1.64. The molecule has 1 amide bonds. The number of likely N-dealkylation sites (tertiary alicyclic amines) is 1. The van der Waals surface area contributed by atoms with Gasteiger partial charge in [0.2, 0.25) is 5.91 Å². The number of carbonyl (C=O) groups is 1. The molecule has 1 atom stereocenters. The number of benzene rings is 1. The largest absolute Gasteiger partial charge is 0.497 e. The summed E-state index contributed by atoms with van der Waals surface area (Å²) in [5, 5.41) is -0.601. The van der Waals surface area contributed by atoms with Crippen LogP contribution in [0.15, 0.2) is 17.0 Å². The van der Waals surface area contributed by atoms with Crippen LogP contribution in [0.2, 0.25) is 0 Å². The average molecular weight is 497 g/mol. The van der Waals surface area contributed by atoms with Gasteiger partial charge in [-0.2, -0.15) is 0 Å². The van der Waals surface area contributed by atoms with Crippen LogP contribution < -0.4 is 4.74 Å². The smallest absolute Gasteiger partial charge is 0.248 e. The van der Waals surface area contributed by atoms with Gasteiger partial charge in [0.1, 0.15) is 12.4 Å². The van der Waals surface area contributed by atoms with Gasteiger partial charge in [-0.25, -0.2) is 8.42 Å². The van der Waals surface area contributed by atoms with Gasteiger partial charge in [0.05, 0.1) is 17.3 Å². The number of sulfone groups is 1. The molecule has 0 aromatic heterocycles. The van der Waals surface area contributed by atoms with Crippen molar-refractivity contribution in [1.82, 2.24) is 9.80 Å². The van der Waals surface area contributed by atoms with Crippen molar-refractivity contribution in [3.8, 4) is 5.75 Å². The summed E-state index contributed by atoms with van der Waals surface area (Å²) in [5.74, 6) is 1.35. The van der Waals surface area contributed by atoms with Gasteiger partial charge in [-0.05, 0) is 102 Å². The Bertz CT molecular complexity index is 871. The molecule has 0 bridgehead atoms. The van der Waals surface area contributed by atoms with Crippen LogP contribution in [0.25, 0.3) is 0 Å². The van der Waals surface area contributed by atoms with Crippen LogP contribution in [0, 0.1) is 19.8 Å². The number of hydrogen-bond donors (Lipinski definition) is 0. The molecule has 1 aliphatic rings. The second-order valence-electron chi connectivity index (χ2n) is 9.65. The summed E-state index contributed by atoms with van der Waals surface area (Å²) in [5.41, 5.74) is 1.36. The molecule has 1 aliphatic heterocycles. The molecule has 0 N–H and O–H groups in total. The second-order valence-corrected chi connectivity index (χ2v) is 12.0. The fourth-order valence-electron chi connectivity index (χ4n) is 4.61. The Morgan fingerprint density at radius 1 is 1.21 bits per heavy atom. The fourth-order valence-corrected chi connectivity index (χ4v) is 6.44. The van der Waals surface area contributed by atoms with Crippen molar-refractivity contribution in [2.24, 2.45) is 5.92 Å². The average Bonchev–Trinajstić information content (AvgIpc) is 2.81. The van der Waals surface area contributed by atoms with Crippen molar-refractivity contribution >= 4 is 15.7 Å². The molecule has 1 aromatic carbocycles. The lowest BCUT2D eigenvalue weighted by molar-refractivity contribution is -0.137. The van der Waals surface area contributed by atoms with Crippen LogP contribution in [0.5, 0.6) is 5.75 Å². The molecule has 1 saturated heterocycles. The van der Waals surface area contributed by atoms with Crippen molar-refractivity contribution < 1.29 is 22.7 Å². The highest BCUT2D eigenvalue weighted by Gasteiger charge is 2.27. The van der Waals surface area contributed by atoms with Crippen molar-refractivity contribution in [2.75, 3.05) is 53.6 Å². The lowest BCUT2D eigenvalue weighted by Gasteiger charge is -2.32. The number of aryl methyl sites for hydroxylation is 2. The number of amides is 1. The van der Waals surface area contributed by atoms with E-state index in [1.165, 1.54) is 12.8 Å². The molecule has 2 rings (SSSR count). The van der Waals surface area contributed by atoms with Gasteiger partial charge in [-0.15, -0.1) is 0 Å². The third kappa shape index (κ3) is 7.95. The van der Waals surface area contributed by atoms with E-state index < -0.39 is 15.1 Å². The fraction of sp³-hybridized carbons (Fsp3) is 0.731. The molecule has 0 aliphatic carbocycles. The van der Waals surface area contributed by atoms with E-state index in [9.17, 15) is 13.2 Å². The number of piperidine rings is 1. The number of rotatable bonds is 13. The van der Waals surface area contributed by atoms with Crippen LogP contribution in [0.3, 0.4) is 0 Å². The minimum atomic E-state index is -3.50. The molecule has 8 heteroatoms. The van der Waals surface area contributed by atoms with E-state index in [-0.39, 0.29) is 19.1 Å². The molecule has 0 spiro atoms. The van der Waals surface area contributed by atoms with E-state index >= 15 is 0 Å². The van der Waals surface area contributed by atoms with Gasteiger partial charge in [-0.1, -0.05) is 6.92 Å². The van der Waals surface area contributed by atoms with E-state index in [4.69, 9.17) is 9.47 Å². The zero-order valence-electron chi connectivity index (χ0n) is 21.9. The number of hydrogen-bond acceptors (Lipinski definition) is 6. The molecule has 1 fully saturated rings. The van der Waals surface area contributed by atoms with Crippen molar-refractivity contribution in [3.05, 3.63) is 23.3 Å². The van der Waals surface area contributed by atoms with Crippen molar-refractivity contribution in [2.45, 2.75) is 69.9 Å². The van der Waals surface area contributed by atoms with E-state index in [1.807, 2.05) is 4.90 Å². The SMILES string of the molecule is CCN(C)CCCC1CCN(C(=O)COCCC(C)S(=O)(=O)c2c(C)cc(OC)cc2C)CC1. The maximum atomic E-state index is 13.1. The first kappa shape index (κ1) is 28.6. The Balaban J connectivity index is 1.74. The van der Waals surface area contributed by atoms with Crippen molar-refractivity contribution in [1.29, 1.82) is 0 Å². The van der Waals surface area contributed by atoms with Crippen LogP contribution in [-0.4, -0.2) is 82.9 Å². The van der Waals surface area contributed by atoms with E-state index in [2.05, 4.69) is 18.9 Å². The molecule has 34 heavy (non-hydrogen) atoms. The summed E-state index contributed by atoms with van der Waals surface area (Å²) < 4.78 is 37.1. The Labute approximate surface area is 206 Å². The summed E-state index contributed by atoms with van der Waals surface area (Å²) in [7, 11) is 0.219. The van der Waals surface area contributed by atoms with E-state index in [0.29, 0.717) is 34.1 Å². The quantitative estimate of drug-likeness (QED) is 0.386. The monoisotopic (exact) mass is 496 g/mol. The third-order valence-electron chi connectivity index (χ3n) is 7.04. The molecule has 1 unspecified atom stereocenters. The first-order valence-electron chi connectivity index (χ1n) is 12.5. The van der Waals surface area contributed by atoms with Gasteiger partial charge in [-0.3, -0.25) is 4.79 Å². The Morgan fingerprint density at radius 2 is 1.82 bits per heavy atom. The van der Waals surface area contributed by atoms with Gasteiger partial charge in [0.15, 0.2) is 9.84 Å². The number of ether oxygens (including phenoxy) is 2. The molecule has 7 nitrogen and oxygen atoms in total. The van der Waals surface area contributed by atoms with Crippen LogP contribution >= 0.6 is 0 Å². The predicted octanol–water partition coefficient (Wildman–Crippen LogP) is 3.85. The third-order valence-corrected chi connectivity index (χ3v) is 9.55. The minimum Gasteiger partial charge on any atom is -0.497 e. The predicted molar refractivity (Wildman–Crippen MR) is 136 cm³/mol. The highest BCUT2D eigenvalue weighted by molar-refractivity contribution is 7.92. The van der Waals surface area contributed by atoms with Gasteiger partial charge in [0.25, 0.3) is 0 Å². The topological polar surface area (TPSA) is 76.2 Å². The Morgan fingerprint density at radius 3 is 2.38 bits per heavy atom. The molecular weight excluding hydrogens is 452 g/mol. The number of nitrogens with zero attached hydrogens (tertiary/aromatic N) is 2. The molecule has 0 saturated carbocycles. The molecule has 0 radical (unpaired) electrons. The van der Waals surface area contributed by atoms with Crippen LogP contribution in [-0.2, 0) is 19.4 Å². The summed E-state index contributed by atoms with van der Waals surface area (Å²) in [6.45, 7) is 11.5. The minimum absolute atomic E-state index is 0.00141. The zero-order valence-corrected chi connectivity index (χ0v) is 22.7. The molecular formula is C26H44N2O5S. The van der Waals surface area contributed by atoms with Gasteiger partial charge < -0.3 is 19.3 Å². The molecule has 1 heterocycles. The highest BCUT2D eigenvalue weighted by atomic mass is 32.2. The summed E-state index contributed by atoms with van der Waals surface area (Å²) in [6.07, 6.45) is 4.88.